The number of amides is 1. The second-order valence-corrected chi connectivity index (χ2v) is 7.96. The Labute approximate surface area is 160 Å². The van der Waals surface area contributed by atoms with Crippen LogP contribution in [0.3, 0.4) is 0 Å². The van der Waals surface area contributed by atoms with Crippen LogP contribution in [-0.4, -0.2) is 16.9 Å². The Morgan fingerprint density at radius 3 is 2.67 bits per heavy atom. The van der Waals surface area contributed by atoms with Gasteiger partial charge < -0.3 is 15.8 Å². The first-order valence-electron chi connectivity index (χ1n) is 9.85. The molecule has 1 amide bonds. The maximum Gasteiger partial charge on any atom is 0.227 e. The van der Waals surface area contributed by atoms with Crippen LogP contribution in [0.5, 0.6) is 11.5 Å². The first-order valence-corrected chi connectivity index (χ1v) is 9.85. The smallest absolute Gasteiger partial charge is 0.227 e. The standard InChI is InChI=1S/C22H27N3O2/c1-14-10-18(7-8-20(14)27-19-6-3-9-24-13-19)25-22(26)17-11-15-4-2-5-16(12-17)21(15)23/h3,6-10,13,15-17,21H,2,4-5,11-12,23H2,1H3,(H,25,26). The molecule has 2 bridgehead atoms. The Balaban J connectivity index is 1.41. The highest BCUT2D eigenvalue weighted by molar-refractivity contribution is 5.92. The quantitative estimate of drug-likeness (QED) is 0.848. The molecule has 2 aromatic rings. The number of hydrogen-bond donors (Lipinski definition) is 2. The van der Waals surface area contributed by atoms with Crippen molar-refractivity contribution in [2.75, 3.05) is 5.32 Å². The predicted molar refractivity (Wildman–Crippen MR) is 106 cm³/mol. The predicted octanol–water partition coefficient (Wildman–Crippen LogP) is 4.27. The molecule has 2 unspecified atom stereocenters. The van der Waals surface area contributed by atoms with E-state index in [4.69, 9.17) is 10.5 Å². The Bertz CT molecular complexity index is 794. The topological polar surface area (TPSA) is 77.2 Å². The number of rotatable bonds is 4. The number of pyridine rings is 1. The molecule has 1 aromatic heterocycles. The summed E-state index contributed by atoms with van der Waals surface area (Å²) in [6.45, 7) is 1.98. The van der Waals surface area contributed by atoms with E-state index in [0.29, 0.717) is 17.6 Å². The van der Waals surface area contributed by atoms with Crippen molar-refractivity contribution in [3.63, 3.8) is 0 Å². The molecule has 1 heterocycles. The molecule has 3 N–H and O–H groups in total. The van der Waals surface area contributed by atoms with Crippen LogP contribution < -0.4 is 15.8 Å². The van der Waals surface area contributed by atoms with Crippen molar-refractivity contribution in [1.82, 2.24) is 4.98 Å². The number of aromatic nitrogens is 1. The van der Waals surface area contributed by atoms with E-state index in [-0.39, 0.29) is 17.9 Å². The number of fused-ring (bicyclic) bond motifs is 2. The van der Waals surface area contributed by atoms with E-state index in [9.17, 15) is 4.79 Å². The molecule has 0 aliphatic heterocycles. The molecule has 1 aromatic carbocycles. The second kappa shape index (κ2) is 7.69. The number of anilines is 1. The van der Waals surface area contributed by atoms with Crippen LogP contribution >= 0.6 is 0 Å². The summed E-state index contributed by atoms with van der Waals surface area (Å²) >= 11 is 0. The fraction of sp³-hybridized carbons (Fsp3) is 0.455. The SMILES string of the molecule is Cc1cc(NC(=O)C2CC3CCCC(C2)C3N)ccc1Oc1cccnc1. The summed E-state index contributed by atoms with van der Waals surface area (Å²) in [5.74, 6) is 2.67. The number of nitrogens with zero attached hydrogens (tertiary/aromatic N) is 1. The van der Waals surface area contributed by atoms with E-state index in [2.05, 4.69) is 10.3 Å². The highest BCUT2D eigenvalue weighted by Gasteiger charge is 2.40. The molecular weight excluding hydrogens is 338 g/mol. The number of aryl methyl sites for hydroxylation is 1. The van der Waals surface area contributed by atoms with Gasteiger partial charge in [-0.3, -0.25) is 9.78 Å². The molecule has 0 radical (unpaired) electrons. The van der Waals surface area contributed by atoms with Crippen LogP contribution in [0.1, 0.15) is 37.7 Å². The van der Waals surface area contributed by atoms with Crippen LogP contribution in [0.25, 0.3) is 0 Å². The first-order chi connectivity index (χ1) is 13.1. The molecular formula is C22H27N3O2. The molecule has 0 saturated heterocycles. The summed E-state index contributed by atoms with van der Waals surface area (Å²) in [4.78, 5) is 16.9. The van der Waals surface area contributed by atoms with E-state index in [0.717, 1.165) is 29.8 Å². The number of benzene rings is 1. The maximum absolute atomic E-state index is 12.8. The monoisotopic (exact) mass is 365 g/mol. The van der Waals surface area contributed by atoms with Crippen LogP contribution in [0.15, 0.2) is 42.7 Å². The minimum Gasteiger partial charge on any atom is -0.455 e. The number of carbonyl (C=O) groups is 1. The fourth-order valence-electron chi connectivity index (χ4n) is 4.62. The lowest BCUT2D eigenvalue weighted by atomic mass is 9.65. The van der Waals surface area contributed by atoms with E-state index in [1.54, 1.807) is 12.4 Å². The summed E-state index contributed by atoms with van der Waals surface area (Å²) in [5, 5.41) is 3.10. The summed E-state index contributed by atoms with van der Waals surface area (Å²) < 4.78 is 5.86. The Kier molecular flexibility index (Phi) is 5.12. The average molecular weight is 365 g/mol. The molecule has 2 saturated carbocycles. The average Bonchev–Trinajstić information content (AvgIpc) is 2.64. The van der Waals surface area contributed by atoms with Crippen molar-refractivity contribution in [3.05, 3.63) is 48.3 Å². The van der Waals surface area contributed by atoms with Gasteiger partial charge in [0, 0.05) is 23.8 Å². The minimum atomic E-state index is 0.0757. The van der Waals surface area contributed by atoms with Crippen molar-refractivity contribution in [3.8, 4) is 11.5 Å². The van der Waals surface area contributed by atoms with Gasteiger partial charge in [0.1, 0.15) is 11.5 Å². The Morgan fingerprint density at radius 2 is 2.00 bits per heavy atom. The number of hydrogen-bond acceptors (Lipinski definition) is 4. The van der Waals surface area contributed by atoms with Crippen LogP contribution in [0.2, 0.25) is 0 Å². The number of nitrogens with two attached hydrogens (primary N) is 1. The summed E-state index contributed by atoms with van der Waals surface area (Å²) in [5.41, 5.74) is 8.14. The molecule has 2 aliphatic rings. The van der Waals surface area contributed by atoms with E-state index in [1.807, 2.05) is 37.3 Å². The molecule has 142 valence electrons. The van der Waals surface area contributed by atoms with Gasteiger partial charge in [0.15, 0.2) is 0 Å². The lowest BCUT2D eigenvalue weighted by Gasteiger charge is -2.43. The summed E-state index contributed by atoms with van der Waals surface area (Å²) in [6.07, 6.45) is 8.83. The lowest BCUT2D eigenvalue weighted by Crippen LogP contribution is -2.48. The molecule has 27 heavy (non-hydrogen) atoms. The van der Waals surface area contributed by atoms with Crippen LogP contribution in [0, 0.1) is 24.7 Å². The third kappa shape index (κ3) is 3.98. The van der Waals surface area contributed by atoms with Gasteiger partial charge in [-0.25, -0.2) is 0 Å². The van der Waals surface area contributed by atoms with Crippen LogP contribution in [-0.2, 0) is 4.79 Å². The van der Waals surface area contributed by atoms with E-state index in [1.165, 1.54) is 19.3 Å². The summed E-state index contributed by atoms with van der Waals surface area (Å²) in [6, 6.07) is 9.74. The van der Waals surface area contributed by atoms with Gasteiger partial charge in [-0.2, -0.15) is 0 Å². The first kappa shape index (κ1) is 18.0. The van der Waals surface area contributed by atoms with Gasteiger partial charge in [-0.15, -0.1) is 0 Å². The molecule has 5 heteroatoms. The van der Waals surface area contributed by atoms with Gasteiger partial charge in [0.2, 0.25) is 5.91 Å². The normalized spacial score (nSPS) is 27.0. The Hall–Kier alpha value is -2.40. The zero-order valence-electron chi connectivity index (χ0n) is 15.7. The Morgan fingerprint density at radius 1 is 1.22 bits per heavy atom. The largest absolute Gasteiger partial charge is 0.455 e. The maximum atomic E-state index is 12.8. The van der Waals surface area contributed by atoms with E-state index < -0.39 is 0 Å². The molecule has 4 rings (SSSR count). The minimum absolute atomic E-state index is 0.0757. The zero-order chi connectivity index (χ0) is 18.8. The number of nitrogens with one attached hydrogen (secondary N) is 1. The van der Waals surface area contributed by atoms with E-state index >= 15 is 0 Å². The van der Waals surface area contributed by atoms with Crippen molar-refractivity contribution in [2.45, 2.75) is 45.1 Å². The van der Waals surface area contributed by atoms with Crippen molar-refractivity contribution in [1.29, 1.82) is 0 Å². The summed E-state index contributed by atoms with van der Waals surface area (Å²) in [7, 11) is 0. The van der Waals surface area contributed by atoms with Gasteiger partial charge in [-0.05, 0) is 80.3 Å². The van der Waals surface area contributed by atoms with Crippen molar-refractivity contribution in [2.24, 2.45) is 23.5 Å². The molecule has 0 spiro atoms. The third-order valence-corrected chi connectivity index (χ3v) is 6.09. The third-order valence-electron chi connectivity index (χ3n) is 6.09. The molecule has 2 aliphatic carbocycles. The van der Waals surface area contributed by atoms with Gasteiger partial charge in [0.05, 0.1) is 6.20 Å². The highest BCUT2D eigenvalue weighted by Crippen LogP contribution is 2.42. The van der Waals surface area contributed by atoms with Gasteiger partial charge in [-0.1, -0.05) is 6.42 Å². The second-order valence-electron chi connectivity index (χ2n) is 7.96. The van der Waals surface area contributed by atoms with Crippen molar-refractivity contribution >= 4 is 11.6 Å². The fourth-order valence-corrected chi connectivity index (χ4v) is 4.62. The highest BCUT2D eigenvalue weighted by atomic mass is 16.5. The molecule has 2 fully saturated rings. The molecule has 2 atom stereocenters. The number of ether oxygens (including phenoxy) is 1. The van der Waals surface area contributed by atoms with Gasteiger partial charge in [0.25, 0.3) is 0 Å². The van der Waals surface area contributed by atoms with Crippen LogP contribution in [0.4, 0.5) is 5.69 Å². The molecule has 5 nitrogen and oxygen atoms in total. The van der Waals surface area contributed by atoms with Crippen molar-refractivity contribution < 1.29 is 9.53 Å². The lowest BCUT2D eigenvalue weighted by molar-refractivity contribution is -0.122. The van der Waals surface area contributed by atoms with Gasteiger partial charge >= 0.3 is 0 Å². The zero-order valence-corrected chi connectivity index (χ0v) is 15.7. The number of carbonyl (C=O) groups excluding carboxylic acids is 1.